The molecule has 9 heteroatoms. The van der Waals surface area contributed by atoms with E-state index in [2.05, 4.69) is 0 Å². The minimum Gasteiger partial charge on any atom is -0.487 e. The number of nitrogens with zero attached hydrogens (tertiary/aromatic N) is 2. The van der Waals surface area contributed by atoms with Crippen molar-refractivity contribution in [3.05, 3.63) is 33.9 Å². The number of aromatic nitrogens is 1. The van der Waals surface area contributed by atoms with E-state index in [9.17, 15) is 19.1 Å². The van der Waals surface area contributed by atoms with Crippen LogP contribution in [0.5, 0.6) is 5.75 Å². The molecule has 2 unspecified atom stereocenters. The Labute approximate surface area is 165 Å². The van der Waals surface area contributed by atoms with Crippen LogP contribution in [-0.2, 0) is 0 Å². The smallest absolute Gasteiger partial charge is 0.341 e. The Morgan fingerprint density at radius 3 is 2.86 bits per heavy atom. The summed E-state index contributed by atoms with van der Waals surface area (Å²) in [6, 6.07) is 0.556. The molecule has 29 heavy (non-hydrogen) atoms. The summed E-state index contributed by atoms with van der Waals surface area (Å²) in [6.45, 7) is 2.44. The van der Waals surface area contributed by atoms with E-state index in [4.69, 9.17) is 10.5 Å². The van der Waals surface area contributed by atoms with Gasteiger partial charge in [-0.2, -0.15) is 0 Å². The molecule has 3 heterocycles. The van der Waals surface area contributed by atoms with Gasteiger partial charge >= 0.3 is 5.97 Å². The second kappa shape index (κ2) is 7.29. The van der Waals surface area contributed by atoms with Crippen LogP contribution in [0.25, 0.3) is 10.9 Å². The minimum absolute atomic E-state index is 0.0238. The number of carboxylic acids is 1. The number of carboxylic acid groups (broad SMARTS) is 1. The van der Waals surface area contributed by atoms with Crippen molar-refractivity contribution < 1.29 is 23.4 Å². The fourth-order valence-electron chi connectivity index (χ4n) is 4.39. The molecule has 3 atom stereocenters. The number of rotatable bonds is 4. The van der Waals surface area contributed by atoms with Crippen LogP contribution in [0, 0.1) is 11.7 Å². The summed E-state index contributed by atoms with van der Waals surface area (Å²) < 4.78 is 35.4. The van der Waals surface area contributed by atoms with Gasteiger partial charge in [0.2, 0.25) is 5.43 Å². The summed E-state index contributed by atoms with van der Waals surface area (Å²) in [7, 11) is 0. The van der Waals surface area contributed by atoms with Gasteiger partial charge in [0, 0.05) is 25.3 Å². The minimum atomic E-state index is -1.36. The second-order valence-corrected chi connectivity index (χ2v) is 7.81. The first kappa shape index (κ1) is 19.6. The lowest BCUT2D eigenvalue weighted by atomic mass is 9.89. The predicted octanol–water partition coefficient (Wildman–Crippen LogP) is 2.31. The second-order valence-electron chi connectivity index (χ2n) is 7.81. The molecule has 0 amide bonds. The molecular formula is C20H23F2N3O4. The molecule has 156 valence electrons. The van der Waals surface area contributed by atoms with Crippen LogP contribution in [0.4, 0.5) is 14.5 Å². The molecule has 1 aromatic heterocycles. The maximum absolute atomic E-state index is 15.2. The molecular weight excluding hydrogens is 384 g/mol. The molecule has 4 rings (SSSR count). The number of alkyl halides is 1. The fourth-order valence-corrected chi connectivity index (χ4v) is 4.39. The van der Waals surface area contributed by atoms with Gasteiger partial charge in [-0.15, -0.1) is 0 Å². The summed E-state index contributed by atoms with van der Waals surface area (Å²) in [5, 5.41) is 9.33. The summed E-state index contributed by atoms with van der Waals surface area (Å²) in [6.07, 6.45) is 2.31. The monoisotopic (exact) mass is 407 g/mol. The molecule has 0 saturated carbocycles. The maximum atomic E-state index is 15.2. The van der Waals surface area contributed by atoms with Crippen LogP contribution in [0.2, 0.25) is 0 Å². The summed E-state index contributed by atoms with van der Waals surface area (Å²) in [4.78, 5) is 25.9. The van der Waals surface area contributed by atoms with Gasteiger partial charge in [0.15, 0.2) is 11.6 Å². The maximum Gasteiger partial charge on any atom is 0.341 e. The highest BCUT2D eigenvalue weighted by Crippen LogP contribution is 2.42. The molecule has 1 aromatic carbocycles. The number of ether oxygens (including phenoxy) is 1. The van der Waals surface area contributed by atoms with Gasteiger partial charge in [-0.05, 0) is 31.7 Å². The first-order chi connectivity index (χ1) is 13.8. The number of piperidine rings is 1. The van der Waals surface area contributed by atoms with E-state index in [1.54, 1.807) is 9.47 Å². The van der Waals surface area contributed by atoms with E-state index >= 15 is 4.39 Å². The summed E-state index contributed by atoms with van der Waals surface area (Å²) in [5.74, 6) is -1.76. The Morgan fingerprint density at radius 2 is 2.21 bits per heavy atom. The molecule has 1 fully saturated rings. The number of anilines is 1. The van der Waals surface area contributed by atoms with Gasteiger partial charge in [0.25, 0.3) is 0 Å². The van der Waals surface area contributed by atoms with Crippen molar-refractivity contribution in [2.75, 3.05) is 31.3 Å². The van der Waals surface area contributed by atoms with Crippen LogP contribution in [0.1, 0.15) is 36.2 Å². The molecule has 0 spiro atoms. The first-order valence-electron chi connectivity index (χ1n) is 9.67. The summed E-state index contributed by atoms with van der Waals surface area (Å²) in [5.41, 5.74) is 5.65. The van der Waals surface area contributed by atoms with Gasteiger partial charge < -0.3 is 25.0 Å². The van der Waals surface area contributed by atoms with Crippen LogP contribution in [0.15, 0.2) is 17.1 Å². The zero-order chi connectivity index (χ0) is 20.9. The highest BCUT2D eigenvalue weighted by Gasteiger charge is 2.33. The lowest BCUT2D eigenvalue weighted by Gasteiger charge is -2.39. The molecule has 2 aliphatic rings. The van der Waals surface area contributed by atoms with Crippen molar-refractivity contribution in [2.24, 2.45) is 11.7 Å². The lowest BCUT2D eigenvalue weighted by molar-refractivity contribution is 0.0694. The standard InChI is InChI=1S/C20H23F2N3O4/c1-10-9-29-19-16-12(18(26)13(20(27)28)7-25(10)16)6-14(22)17(19)24-5-3-11(2-4-21)15(23)8-24/h6-7,10-11,15H,2-5,8-9,23H2,1H3,(H,27,28)/t10?,11-,15?/m1/s1. The number of nitrogens with two attached hydrogens (primary N) is 1. The van der Waals surface area contributed by atoms with Crippen molar-refractivity contribution in [1.82, 2.24) is 4.57 Å². The zero-order valence-electron chi connectivity index (χ0n) is 16.0. The number of hydrogen-bond donors (Lipinski definition) is 2. The zero-order valence-corrected chi connectivity index (χ0v) is 16.0. The van der Waals surface area contributed by atoms with Crippen molar-refractivity contribution in [1.29, 1.82) is 0 Å². The lowest BCUT2D eigenvalue weighted by Crippen LogP contribution is -2.49. The van der Waals surface area contributed by atoms with E-state index in [0.717, 1.165) is 6.07 Å². The Balaban J connectivity index is 1.88. The van der Waals surface area contributed by atoms with Gasteiger partial charge in [-0.3, -0.25) is 9.18 Å². The Morgan fingerprint density at radius 1 is 1.45 bits per heavy atom. The van der Waals surface area contributed by atoms with Crippen LogP contribution in [-0.4, -0.2) is 48.1 Å². The van der Waals surface area contributed by atoms with Gasteiger partial charge in [0.1, 0.15) is 17.9 Å². The largest absolute Gasteiger partial charge is 0.487 e. The fraction of sp³-hybridized carbons (Fsp3) is 0.500. The molecule has 2 aliphatic heterocycles. The van der Waals surface area contributed by atoms with E-state index in [1.165, 1.54) is 6.20 Å². The third-order valence-corrected chi connectivity index (χ3v) is 5.97. The third kappa shape index (κ3) is 3.13. The predicted molar refractivity (Wildman–Crippen MR) is 104 cm³/mol. The van der Waals surface area contributed by atoms with E-state index in [1.807, 2.05) is 6.92 Å². The number of pyridine rings is 1. The number of hydrogen-bond acceptors (Lipinski definition) is 5. The topological polar surface area (TPSA) is 97.8 Å². The highest BCUT2D eigenvalue weighted by molar-refractivity contribution is 5.97. The molecule has 0 bridgehead atoms. The molecule has 3 N–H and O–H groups in total. The van der Waals surface area contributed by atoms with E-state index in [0.29, 0.717) is 31.4 Å². The molecule has 2 aromatic rings. The number of benzene rings is 1. The third-order valence-electron chi connectivity index (χ3n) is 5.97. The van der Waals surface area contributed by atoms with Crippen LogP contribution < -0.4 is 20.8 Å². The van der Waals surface area contributed by atoms with E-state index < -0.39 is 29.5 Å². The molecule has 0 aliphatic carbocycles. The first-order valence-corrected chi connectivity index (χ1v) is 9.67. The Kier molecular flexibility index (Phi) is 4.94. The van der Waals surface area contributed by atoms with Crippen LogP contribution in [0.3, 0.4) is 0 Å². The molecule has 0 radical (unpaired) electrons. The molecule has 1 saturated heterocycles. The SMILES string of the molecule is CC1COc2c(N3CC[C@@H](CCF)C(N)C3)c(F)cc3c(=O)c(C(=O)O)cn1c23. The average Bonchev–Trinajstić information content (AvgIpc) is 2.67. The highest BCUT2D eigenvalue weighted by atomic mass is 19.1. The van der Waals surface area contributed by atoms with Gasteiger partial charge in [-0.25, -0.2) is 9.18 Å². The van der Waals surface area contributed by atoms with Gasteiger partial charge in [0.05, 0.1) is 23.6 Å². The van der Waals surface area contributed by atoms with Crippen molar-refractivity contribution >= 4 is 22.6 Å². The van der Waals surface area contributed by atoms with Crippen LogP contribution >= 0.6 is 0 Å². The van der Waals surface area contributed by atoms with Crippen molar-refractivity contribution in [3.63, 3.8) is 0 Å². The summed E-state index contributed by atoms with van der Waals surface area (Å²) >= 11 is 0. The Bertz CT molecular complexity index is 1040. The van der Waals surface area contributed by atoms with Crippen molar-refractivity contribution in [2.45, 2.75) is 31.8 Å². The van der Waals surface area contributed by atoms with E-state index in [-0.39, 0.29) is 41.4 Å². The number of halogens is 2. The Hall–Kier alpha value is -2.68. The van der Waals surface area contributed by atoms with Gasteiger partial charge in [-0.1, -0.05) is 0 Å². The quantitative estimate of drug-likeness (QED) is 0.807. The number of carbonyl (C=O) groups is 1. The average molecular weight is 407 g/mol. The normalized spacial score (nSPS) is 23.9. The van der Waals surface area contributed by atoms with Crippen molar-refractivity contribution in [3.8, 4) is 5.75 Å². The molecule has 7 nitrogen and oxygen atoms in total. The number of aromatic carboxylic acids is 1.